The molecule has 0 aliphatic heterocycles. The Morgan fingerprint density at radius 2 is 1.84 bits per heavy atom. The third-order valence-electron chi connectivity index (χ3n) is 7.33. The molecular formula is C22H30O3. The van der Waals surface area contributed by atoms with Crippen molar-refractivity contribution >= 4 is 11.0 Å². The van der Waals surface area contributed by atoms with Crippen LogP contribution in [-0.4, -0.2) is 10.2 Å². The summed E-state index contributed by atoms with van der Waals surface area (Å²) in [7, 11) is 0. The molecule has 3 heteroatoms. The Hall–Kier alpha value is -1.64. The van der Waals surface area contributed by atoms with Crippen LogP contribution in [0.5, 0.6) is 11.5 Å². The zero-order valence-electron chi connectivity index (χ0n) is 16.1. The first-order valence-electron chi connectivity index (χ1n) is 9.65. The molecule has 25 heavy (non-hydrogen) atoms. The minimum atomic E-state index is -0.0604. The van der Waals surface area contributed by atoms with E-state index in [1.165, 1.54) is 24.8 Å². The maximum Gasteiger partial charge on any atom is 0.164 e. The van der Waals surface area contributed by atoms with E-state index in [9.17, 15) is 10.2 Å². The van der Waals surface area contributed by atoms with Crippen LogP contribution in [0.15, 0.2) is 10.5 Å². The van der Waals surface area contributed by atoms with E-state index in [-0.39, 0.29) is 16.9 Å². The number of hydrogen-bond acceptors (Lipinski definition) is 3. The highest BCUT2D eigenvalue weighted by atomic mass is 16.3. The number of aromatic hydroxyl groups is 2. The lowest BCUT2D eigenvalue weighted by Gasteiger charge is -2.50. The summed E-state index contributed by atoms with van der Waals surface area (Å²) in [6.07, 6.45) is 6.02. The number of hydrogen-bond donors (Lipinski definition) is 2. The van der Waals surface area contributed by atoms with Crippen molar-refractivity contribution in [3.63, 3.8) is 0 Å². The van der Waals surface area contributed by atoms with Gasteiger partial charge in [-0.25, -0.2) is 0 Å². The van der Waals surface area contributed by atoms with E-state index in [4.69, 9.17) is 4.42 Å². The van der Waals surface area contributed by atoms with E-state index in [0.29, 0.717) is 22.8 Å². The Morgan fingerprint density at radius 3 is 2.56 bits per heavy atom. The predicted octanol–water partition coefficient (Wildman–Crippen LogP) is 6.13. The van der Waals surface area contributed by atoms with Gasteiger partial charge in [0, 0.05) is 22.4 Å². The molecule has 2 N–H and O–H groups in total. The van der Waals surface area contributed by atoms with Crippen molar-refractivity contribution in [2.75, 3.05) is 0 Å². The highest BCUT2D eigenvalue weighted by molar-refractivity contribution is 5.90. The van der Waals surface area contributed by atoms with E-state index >= 15 is 0 Å². The summed E-state index contributed by atoms with van der Waals surface area (Å²) in [6, 6.07) is 1.72. The van der Waals surface area contributed by atoms with Crippen LogP contribution >= 0.6 is 0 Å². The second-order valence-corrected chi connectivity index (χ2v) is 9.38. The normalized spacial score (nSPS) is 31.4. The smallest absolute Gasteiger partial charge is 0.164 e. The first-order valence-corrected chi connectivity index (χ1v) is 9.65. The van der Waals surface area contributed by atoms with Crippen LogP contribution < -0.4 is 0 Å². The zero-order chi connectivity index (χ0) is 18.1. The lowest BCUT2D eigenvalue weighted by Crippen LogP contribution is -2.44. The van der Waals surface area contributed by atoms with Crippen LogP contribution in [0.3, 0.4) is 0 Å². The van der Waals surface area contributed by atoms with Crippen LogP contribution in [0, 0.1) is 18.3 Å². The summed E-state index contributed by atoms with van der Waals surface area (Å²) in [5.74, 6) is 1.94. The monoisotopic (exact) mass is 342 g/mol. The number of benzene rings is 1. The van der Waals surface area contributed by atoms with E-state index < -0.39 is 0 Å². The summed E-state index contributed by atoms with van der Waals surface area (Å²) in [5.41, 5.74) is 3.06. The standard InChI is InChI=1S/C22H30O3/c1-12-7-8-16-21(3,4)9-6-10-22(16,5)17-14-11-15(23)18(24)13(2)20(14)25-19(12)17/h11-12,16,23-24H,6-10H2,1-5H3/t12?,16-,22-/m1/s1. The maximum absolute atomic E-state index is 10.2. The molecule has 3 atom stereocenters. The highest BCUT2D eigenvalue weighted by Crippen LogP contribution is 2.60. The highest BCUT2D eigenvalue weighted by Gasteiger charge is 2.51. The Balaban J connectivity index is 2.07. The second-order valence-electron chi connectivity index (χ2n) is 9.38. The molecule has 2 aliphatic carbocycles. The molecule has 0 spiro atoms. The van der Waals surface area contributed by atoms with Crippen molar-refractivity contribution in [2.24, 2.45) is 11.3 Å². The topological polar surface area (TPSA) is 53.6 Å². The maximum atomic E-state index is 10.2. The number of phenolic OH excluding ortho intramolecular Hbond substituents is 2. The van der Waals surface area contributed by atoms with Crippen LogP contribution in [0.25, 0.3) is 11.0 Å². The van der Waals surface area contributed by atoms with Crippen molar-refractivity contribution in [2.45, 2.75) is 78.1 Å². The molecule has 2 aromatic rings. The fourth-order valence-corrected chi connectivity index (χ4v) is 6.00. The van der Waals surface area contributed by atoms with Gasteiger partial charge >= 0.3 is 0 Å². The molecule has 2 aliphatic rings. The van der Waals surface area contributed by atoms with Crippen LogP contribution in [0.2, 0.25) is 0 Å². The third-order valence-corrected chi connectivity index (χ3v) is 7.33. The molecule has 136 valence electrons. The van der Waals surface area contributed by atoms with Crippen molar-refractivity contribution < 1.29 is 14.6 Å². The summed E-state index contributed by atoms with van der Waals surface area (Å²) >= 11 is 0. The minimum absolute atomic E-state index is 0.0410. The van der Waals surface area contributed by atoms with Crippen molar-refractivity contribution in [3.8, 4) is 11.5 Å². The fraction of sp³-hybridized carbons (Fsp3) is 0.636. The summed E-state index contributed by atoms with van der Waals surface area (Å²) in [4.78, 5) is 0. The lowest BCUT2D eigenvalue weighted by atomic mass is 9.53. The molecule has 1 aromatic heterocycles. The molecule has 1 unspecified atom stereocenters. The SMILES string of the molecule is Cc1c(O)c(O)cc2c3c(oc12)C(C)CC[C@@H]1C(C)(C)CCC[C@@]31C. The summed E-state index contributed by atoms with van der Waals surface area (Å²) < 4.78 is 6.36. The van der Waals surface area contributed by atoms with Gasteiger partial charge in [-0.15, -0.1) is 0 Å². The van der Waals surface area contributed by atoms with E-state index in [1.54, 1.807) is 6.07 Å². The van der Waals surface area contributed by atoms with E-state index in [1.807, 2.05) is 6.92 Å². The largest absolute Gasteiger partial charge is 0.504 e. The fourth-order valence-electron chi connectivity index (χ4n) is 6.00. The van der Waals surface area contributed by atoms with Crippen molar-refractivity contribution in [1.29, 1.82) is 0 Å². The first kappa shape index (κ1) is 16.8. The average molecular weight is 342 g/mol. The van der Waals surface area contributed by atoms with Crippen molar-refractivity contribution in [1.82, 2.24) is 0 Å². The molecule has 1 saturated carbocycles. The average Bonchev–Trinajstić information content (AvgIpc) is 2.86. The number of fused-ring (bicyclic) bond motifs is 5. The Kier molecular flexibility index (Phi) is 3.49. The molecule has 1 aromatic carbocycles. The molecule has 0 amide bonds. The lowest BCUT2D eigenvalue weighted by molar-refractivity contribution is 0.0504. The molecule has 3 nitrogen and oxygen atoms in total. The molecule has 0 bridgehead atoms. The van der Waals surface area contributed by atoms with Crippen LogP contribution in [-0.2, 0) is 5.41 Å². The van der Waals surface area contributed by atoms with Gasteiger partial charge in [0.15, 0.2) is 11.5 Å². The predicted molar refractivity (Wildman–Crippen MR) is 100 cm³/mol. The van der Waals surface area contributed by atoms with Gasteiger partial charge in [-0.1, -0.05) is 34.1 Å². The quantitative estimate of drug-likeness (QED) is 0.566. The first-order chi connectivity index (χ1) is 11.7. The van der Waals surface area contributed by atoms with Gasteiger partial charge in [-0.05, 0) is 55.4 Å². The van der Waals surface area contributed by atoms with E-state index in [0.717, 1.165) is 29.6 Å². The Labute approximate surface area is 150 Å². The zero-order valence-corrected chi connectivity index (χ0v) is 16.1. The number of rotatable bonds is 0. The van der Waals surface area contributed by atoms with Crippen LogP contribution in [0.1, 0.15) is 82.6 Å². The third kappa shape index (κ3) is 2.17. The van der Waals surface area contributed by atoms with Gasteiger partial charge < -0.3 is 14.6 Å². The van der Waals surface area contributed by atoms with Gasteiger partial charge in [-0.3, -0.25) is 0 Å². The number of aryl methyl sites for hydroxylation is 1. The second kappa shape index (κ2) is 5.18. The molecular weight excluding hydrogens is 312 g/mol. The molecule has 0 saturated heterocycles. The summed E-state index contributed by atoms with van der Waals surface area (Å²) in [5, 5.41) is 21.4. The van der Waals surface area contributed by atoms with Gasteiger partial charge in [-0.2, -0.15) is 0 Å². The molecule has 1 fully saturated rings. The Bertz CT molecular complexity index is 845. The Morgan fingerprint density at radius 1 is 1.12 bits per heavy atom. The molecule has 1 heterocycles. The van der Waals surface area contributed by atoms with Gasteiger partial charge in [0.1, 0.15) is 11.3 Å². The number of furan rings is 1. The summed E-state index contributed by atoms with van der Waals surface area (Å²) in [6.45, 7) is 11.3. The molecule has 0 radical (unpaired) electrons. The van der Waals surface area contributed by atoms with E-state index in [2.05, 4.69) is 27.7 Å². The number of phenols is 2. The minimum Gasteiger partial charge on any atom is -0.504 e. The van der Waals surface area contributed by atoms with Gasteiger partial charge in [0.05, 0.1) is 0 Å². The molecule has 4 rings (SSSR count). The van der Waals surface area contributed by atoms with Crippen LogP contribution in [0.4, 0.5) is 0 Å². The van der Waals surface area contributed by atoms with Crippen molar-refractivity contribution in [3.05, 3.63) is 23.0 Å². The van der Waals surface area contributed by atoms with Gasteiger partial charge in [0.25, 0.3) is 0 Å². The van der Waals surface area contributed by atoms with Gasteiger partial charge in [0.2, 0.25) is 0 Å².